The molecule has 72 valence electrons. The van der Waals surface area contributed by atoms with Crippen LogP contribution in [0, 0.1) is 5.82 Å². The largest absolute Gasteiger partial charge is 0.241 e. The van der Waals surface area contributed by atoms with E-state index in [1.54, 1.807) is 12.1 Å². The molecule has 14 heavy (non-hydrogen) atoms. The van der Waals surface area contributed by atoms with E-state index >= 15 is 0 Å². The van der Waals surface area contributed by atoms with E-state index in [1.807, 2.05) is 6.08 Å². The van der Waals surface area contributed by atoms with Crippen LogP contribution in [0.3, 0.4) is 0 Å². The van der Waals surface area contributed by atoms with Gasteiger partial charge in [0.2, 0.25) is 0 Å². The maximum Gasteiger partial charge on any atom is 0.123 e. The Kier molecular flexibility index (Phi) is 2.64. The molecule has 0 N–H and O–H groups in total. The number of nitrogens with zero attached hydrogens (tertiary/aromatic N) is 1. The Bertz CT molecular complexity index is 392. The Balaban J connectivity index is 2.32. The summed E-state index contributed by atoms with van der Waals surface area (Å²) in [4.78, 5) is 4.20. The fraction of sp³-hybridized carbons (Fsp3) is 0.182. The molecule has 0 aliphatic carbocycles. The Morgan fingerprint density at radius 2 is 1.93 bits per heavy atom. The third-order valence-corrected chi connectivity index (χ3v) is 2.34. The van der Waals surface area contributed by atoms with Gasteiger partial charge in [0.15, 0.2) is 0 Å². The first-order valence-electron chi connectivity index (χ1n) is 4.45. The minimum atomic E-state index is -0.236. The van der Waals surface area contributed by atoms with Crippen molar-refractivity contribution >= 4 is 22.5 Å². The molecular weight excluding hydrogens is 201 g/mol. The summed E-state index contributed by atoms with van der Waals surface area (Å²) < 4.78 is 12.6. The van der Waals surface area contributed by atoms with Crippen molar-refractivity contribution in [1.82, 2.24) is 0 Å². The van der Waals surface area contributed by atoms with Gasteiger partial charge in [-0.05, 0) is 30.7 Å². The van der Waals surface area contributed by atoms with Gasteiger partial charge in [0, 0.05) is 12.0 Å². The predicted molar refractivity (Wildman–Crippen MR) is 56.9 cm³/mol. The van der Waals surface area contributed by atoms with Crippen LogP contribution in [-0.4, -0.2) is 5.17 Å². The quantitative estimate of drug-likeness (QED) is 0.670. The Hall–Kier alpha value is -1.15. The van der Waals surface area contributed by atoms with Gasteiger partial charge in [-0.1, -0.05) is 17.7 Å². The highest BCUT2D eigenvalue weighted by Gasteiger charge is 2.06. The normalized spacial score (nSPS) is 16.1. The van der Waals surface area contributed by atoms with Crippen LogP contribution in [0.5, 0.6) is 0 Å². The lowest BCUT2D eigenvalue weighted by Gasteiger charge is -2.08. The first-order chi connectivity index (χ1) is 6.75. The van der Waals surface area contributed by atoms with E-state index in [-0.39, 0.29) is 5.82 Å². The fourth-order valence-corrected chi connectivity index (χ4v) is 1.56. The summed E-state index contributed by atoms with van der Waals surface area (Å²) in [6.45, 7) is 0. The molecule has 1 aromatic rings. The van der Waals surface area contributed by atoms with Crippen LogP contribution < -0.4 is 0 Å². The van der Waals surface area contributed by atoms with Crippen LogP contribution >= 0.6 is 11.6 Å². The zero-order valence-electron chi connectivity index (χ0n) is 7.50. The van der Waals surface area contributed by atoms with Crippen molar-refractivity contribution in [2.75, 3.05) is 0 Å². The number of allylic oxidation sites excluding steroid dienone is 1. The molecule has 0 aromatic heterocycles. The summed E-state index contributed by atoms with van der Waals surface area (Å²) in [6, 6.07) is 6.27. The van der Waals surface area contributed by atoms with Gasteiger partial charge in [-0.3, -0.25) is 0 Å². The first kappa shape index (κ1) is 9.41. The SMILES string of the molecule is Fc1ccc(C2=CCCC(Cl)=N2)cc1. The topological polar surface area (TPSA) is 12.4 Å². The second kappa shape index (κ2) is 3.93. The number of aliphatic imine (C=N–C) groups is 1. The van der Waals surface area contributed by atoms with Crippen LogP contribution in [0.2, 0.25) is 0 Å². The lowest BCUT2D eigenvalue weighted by atomic mass is 10.1. The summed E-state index contributed by atoms with van der Waals surface area (Å²) in [5.41, 5.74) is 1.74. The minimum Gasteiger partial charge on any atom is -0.241 e. The smallest absolute Gasteiger partial charge is 0.123 e. The molecule has 0 unspecified atom stereocenters. The van der Waals surface area contributed by atoms with Gasteiger partial charge in [-0.25, -0.2) is 9.38 Å². The highest BCUT2D eigenvalue weighted by Crippen LogP contribution is 2.22. The molecule has 1 aliphatic heterocycles. The van der Waals surface area contributed by atoms with E-state index in [1.165, 1.54) is 12.1 Å². The zero-order chi connectivity index (χ0) is 9.97. The van der Waals surface area contributed by atoms with Crippen LogP contribution in [0.15, 0.2) is 35.3 Å². The van der Waals surface area contributed by atoms with Crippen molar-refractivity contribution in [3.8, 4) is 0 Å². The van der Waals surface area contributed by atoms with Gasteiger partial charge in [0.1, 0.15) is 11.0 Å². The minimum absolute atomic E-state index is 0.236. The van der Waals surface area contributed by atoms with E-state index < -0.39 is 0 Å². The molecular formula is C11H9ClFN. The molecule has 0 fully saturated rings. The highest BCUT2D eigenvalue weighted by molar-refractivity contribution is 6.65. The van der Waals surface area contributed by atoms with Crippen molar-refractivity contribution in [3.63, 3.8) is 0 Å². The van der Waals surface area contributed by atoms with Crippen molar-refractivity contribution in [2.45, 2.75) is 12.8 Å². The van der Waals surface area contributed by atoms with Gasteiger partial charge >= 0.3 is 0 Å². The van der Waals surface area contributed by atoms with Crippen molar-refractivity contribution in [2.24, 2.45) is 4.99 Å². The summed E-state index contributed by atoms with van der Waals surface area (Å²) in [5.74, 6) is -0.236. The predicted octanol–water partition coefficient (Wildman–Crippen LogP) is 3.60. The summed E-state index contributed by atoms with van der Waals surface area (Å²) >= 11 is 5.83. The van der Waals surface area contributed by atoms with Crippen molar-refractivity contribution in [3.05, 3.63) is 41.7 Å². The molecule has 0 bridgehead atoms. The van der Waals surface area contributed by atoms with Gasteiger partial charge in [0.25, 0.3) is 0 Å². The molecule has 2 rings (SSSR count). The molecule has 0 amide bonds. The third-order valence-electron chi connectivity index (χ3n) is 2.07. The summed E-state index contributed by atoms with van der Waals surface area (Å²) in [6.07, 6.45) is 3.71. The van der Waals surface area contributed by atoms with E-state index in [2.05, 4.69) is 4.99 Å². The molecule has 1 heterocycles. The highest BCUT2D eigenvalue weighted by atomic mass is 35.5. The molecule has 1 nitrogen and oxygen atoms in total. The second-order valence-corrected chi connectivity index (χ2v) is 3.56. The molecule has 0 saturated heterocycles. The van der Waals surface area contributed by atoms with Gasteiger partial charge in [-0.2, -0.15) is 0 Å². The van der Waals surface area contributed by atoms with E-state index in [0.29, 0.717) is 5.17 Å². The zero-order valence-corrected chi connectivity index (χ0v) is 8.26. The number of benzene rings is 1. The molecule has 1 aromatic carbocycles. The summed E-state index contributed by atoms with van der Waals surface area (Å²) in [7, 11) is 0. The molecule has 0 spiro atoms. The van der Waals surface area contributed by atoms with Crippen LogP contribution in [0.4, 0.5) is 4.39 Å². The Labute approximate surface area is 86.9 Å². The molecule has 0 saturated carbocycles. The number of rotatable bonds is 1. The number of hydrogen-bond donors (Lipinski definition) is 0. The Morgan fingerprint density at radius 1 is 1.21 bits per heavy atom. The lowest BCUT2D eigenvalue weighted by molar-refractivity contribution is 0.627. The molecule has 1 aliphatic rings. The monoisotopic (exact) mass is 209 g/mol. The average Bonchev–Trinajstić information content (AvgIpc) is 2.19. The lowest BCUT2D eigenvalue weighted by Crippen LogP contribution is -1.95. The standard InChI is InChI=1S/C11H9ClFN/c12-11-3-1-2-10(14-11)8-4-6-9(13)7-5-8/h2,4-7H,1,3H2. The molecule has 0 atom stereocenters. The molecule has 3 heteroatoms. The number of halogens is 2. The Morgan fingerprint density at radius 3 is 2.57 bits per heavy atom. The first-order valence-corrected chi connectivity index (χ1v) is 4.82. The van der Waals surface area contributed by atoms with E-state index in [0.717, 1.165) is 24.1 Å². The van der Waals surface area contributed by atoms with Crippen molar-refractivity contribution in [1.29, 1.82) is 0 Å². The van der Waals surface area contributed by atoms with Gasteiger partial charge < -0.3 is 0 Å². The molecule has 0 radical (unpaired) electrons. The van der Waals surface area contributed by atoms with Crippen LogP contribution in [0.1, 0.15) is 18.4 Å². The van der Waals surface area contributed by atoms with E-state index in [9.17, 15) is 4.39 Å². The third kappa shape index (κ3) is 2.02. The maximum atomic E-state index is 12.6. The van der Waals surface area contributed by atoms with Gasteiger partial charge in [-0.15, -0.1) is 0 Å². The van der Waals surface area contributed by atoms with E-state index in [4.69, 9.17) is 11.6 Å². The van der Waals surface area contributed by atoms with Crippen LogP contribution in [0.25, 0.3) is 5.70 Å². The van der Waals surface area contributed by atoms with Crippen LogP contribution in [-0.2, 0) is 0 Å². The summed E-state index contributed by atoms with van der Waals surface area (Å²) in [5, 5.41) is 0.617. The van der Waals surface area contributed by atoms with Crippen molar-refractivity contribution < 1.29 is 4.39 Å². The average molecular weight is 210 g/mol. The number of hydrogen-bond acceptors (Lipinski definition) is 1. The van der Waals surface area contributed by atoms with Gasteiger partial charge in [0.05, 0.1) is 5.70 Å². The fourth-order valence-electron chi connectivity index (χ4n) is 1.36. The maximum absolute atomic E-state index is 12.6. The second-order valence-electron chi connectivity index (χ2n) is 3.12.